The first-order valence-corrected chi connectivity index (χ1v) is 9.54. The quantitative estimate of drug-likeness (QED) is 0.681. The molecule has 1 fully saturated rings. The van der Waals surface area contributed by atoms with Crippen LogP contribution < -0.4 is 15.0 Å². The van der Waals surface area contributed by atoms with E-state index >= 15 is 0 Å². The Morgan fingerprint density at radius 1 is 1.14 bits per heavy atom. The highest BCUT2D eigenvalue weighted by atomic mass is 16.5. The van der Waals surface area contributed by atoms with Crippen LogP contribution in [0.2, 0.25) is 0 Å². The zero-order valence-electron chi connectivity index (χ0n) is 16.7. The average Bonchev–Trinajstić information content (AvgIpc) is 3.23. The van der Waals surface area contributed by atoms with Gasteiger partial charge < -0.3 is 14.4 Å². The van der Waals surface area contributed by atoms with Crippen LogP contribution in [0.15, 0.2) is 47.5 Å². The molecule has 1 amide bonds. The highest BCUT2D eigenvalue weighted by Gasteiger charge is 2.32. The van der Waals surface area contributed by atoms with Crippen LogP contribution in [0.5, 0.6) is 11.5 Å². The molecule has 0 aliphatic carbocycles. The zero-order chi connectivity index (χ0) is 20.5. The predicted octanol–water partition coefficient (Wildman–Crippen LogP) is 3.00. The molecule has 0 saturated carbocycles. The van der Waals surface area contributed by atoms with Gasteiger partial charge in [0.2, 0.25) is 0 Å². The molecule has 0 N–H and O–H groups in total. The maximum Gasteiger partial charge on any atom is 0.270 e. The molecule has 4 rings (SSSR count). The van der Waals surface area contributed by atoms with E-state index in [-0.39, 0.29) is 23.1 Å². The Morgan fingerprint density at radius 2 is 1.93 bits per heavy atom. The lowest BCUT2D eigenvalue weighted by Crippen LogP contribution is -2.35. The van der Waals surface area contributed by atoms with Gasteiger partial charge in [-0.1, -0.05) is 12.1 Å². The van der Waals surface area contributed by atoms with Crippen molar-refractivity contribution in [3.63, 3.8) is 0 Å². The number of hydrogen-bond acceptors (Lipinski definition) is 5. The molecule has 0 spiro atoms. The van der Waals surface area contributed by atoms with Crippen molar-refractivity contribution < 1.29 is 14.3 Å². The van der Waals surface area contributed by atoms with Gasteiger partial charge >= 0.3 is 0 Å². The van der Waals surface area contributed by atoms with Crippen molar-refractivity contribution >= 4 is 11.6 Å². The minimum absolute atomic E-state index is 0.0838. The van der Waals surface area contributed by atoms with Gasteiger partial charge in [0, 0.05) is 18.9 Å². The van der Waals surface area contributed by atoms with E-state index in [4.69, 9.17) is 9.47 Å². The number of aromatic nitrogens is 2. The van der Waals surface area contributed by atoms with Crippen molar-refractivity contribution in [1.82, 2.24) is 14.3 Å². The van der Waals surface area contributed by atoms with Crippen molar-refractivity contribution in [3.8, 4) is 11.5 Å². The summed E-state index contributed by atoms with van der Waals surface area (Å²) in [5.41, 5.74) is 2.14. The van der Waals surface area contributed by atoms with E-state index in [0.29, 0.717) is 23.7 Å². The fourth-order valence-electron chi connectivity index (χ4n) is 3.90. The van der Waals surface area contributed by atoms with Gasteiger partial charge in [0.1, 0.15) is 11.2 Å². The van der Waals surface area contributed by atoms with E-state index in [0.717, 1.165) is 24.0 Å². The Bertz CT molecular complexity index is 1140. The predicted molar refractivity (Wildman–Crippen MR) is 109 cm³/mol. The Morgan fingerprint density at radius 3 is 2.69 bits per heavy atom. The number of likely N-dealkylation sites (tertiary alicyclic amines) is 1. The third-order valence-electron chi connectivity index (χ3n) is 5.39. The number of amides is 1. The first-order chi connectivity index (χ1) is 14.0. The number of rotatable bonds is 4. The summed E-state index contributed by atoms with van der Waals surface area (Å²) in [4.78, 5) is 32.3. The molecule has 1 saturated heterocycles. The molecular weight excluding hydrogens is 370 g/mol. The second-order valence-corrected chi connectivity index (χ2v) is 7.18. The molecule has 150 valence electrons. The van der Waals surface area contributed by atoms with Gasteiger partial charge in [0.05, 0.1) is 20.3 Å². The fourth-order valence-corrected chi connectivity index (χ4v) is 3.90. The number of fused-ring (bicyclic) bond motifs is 1. The molecular formula is C22H23N3O4. The highest BCUT2D eigenvalue weighted by molar-refractivity contribution is 5.94. The number of pyridine rings is 1. The van der Waals surface area contributed by atoms with E-state index in [9.17, 15) is 9.59 Å². The van der Waals surface area contributed by atoms with Crippen molar-refractivity contribution in [2.24, 2.45) is 0 Å². The van der Waals surface area contributed by atoms with Crippen LogP contribution in [0.25, 0.3) is 5.65 Å². The SMILES string of the molecule is COc1ccc(C2CCCN2C(=O)c2cnc3ccc(C)cn3c2=O)cc1OC. The molecule has 1 aromatic carbocycles. The van der Waals surface area contributed by atoms with Gasteiger partial charge in [-0.15, -0.1) is 0 Å². The number of ether oxygens (including phenoxy) is 2. The smallest absolute Gasteiger partial charge is 0.270 e. The molecule has 7 nitrogen and oxygen atoms in total. The molecule has 0 bridgehead atoms. The van der Waals surface area contributed by atoms with Crippen LogP contribution in [0, 0.1) is 6.92 Å². The van der Waals surface area contributed by atoms with Crippen molar-refractivity contribution in [1.29, 1.82) is 0 Å². The second kappa shape index (κ2) is 7.58. The van der Waals surface area contributed by atoms with Gasteiger partial charge in [-0.25, -0.2) is 4.98 Å². The van der Waals surface area contributed by atoms with Crippen LogP contribution in [0.4, 0.5) is 0 Å². The van der Waals surface area contributed by atoms with Crippen LogP contribution in [0.3, 0.4) is 0 Å². The summed E-state index contributed by atoms with van der Waals surface area (Å²) in [6.45, 7) is 2.49. The van der Waals surface area contributed by atoms with E-state index in [2.05, 4.69) is 4.98 Å². The highest BCUT2D eigenvalue weighted by Crippen LogP contribution is 2.37. The molecule has 1 unspecified atom stereocenters. The number of benzene rings is 1. The first kappa shape index (κ1) is 19.0. The monoisotopic (exact) mass is 393 g/mol. The largest absolute Gasteiger partial charge is 0.493 e. The zero-order valence-corrected chi connectivity index (χ0v) is 16.7. The maximum absolute atomic E-state index is 13.3. The molecule has 29 heavy (non-hydrogen) atoms. The summed E-state index contributed by atoms with van der Waals surface area (Å²) >= 11 is 0. The molecule has 2 aromatic heterocycles. The standard InChI is InChI=1S/C22H23N3O4/c1-14-6-9-20-23-12-16(22(27)25(20)13-14)21(26)24-10-4-5-17(24)15-7-8-18(28-2)19(11-15)29-3/h6-9,11-13,17H,4-5,10H2,1-3H3. The topological polar surface area (TPSA) is 73.1 Å². The minimum Gasteiger partial charge on any atom is -0.493 e. The summed E-state index contributed by atoms with van der Waals surface area (Å²) < 4.78 is 12.1. The Labute approximate surface area is 168 Å². The number of methoxy groups -OCH3 is 2. The average molecular weight is 393 g/mol. The van der Waals surface area contributed by atoms with E-state index in [1.807, 2.05) is 31.2 Å². The number of aryl methyl sites for hydroxylation is 1. The molecule has 3 aromatic rings. The van der Waals surface area contributed by atoms with Gasteiger partial charge in [-0.05, 0) is 49.1 Å². The Balaban J connectivity index is 1.71. The van der Waals surface area contributed by atoms with Crippen molar-refractivity contribution in [3.05, 3.63) is 69.8 Å². The molecule has 7 heteroatoms. The number of carbonyl (C=O) groups excluding carboxylic acids is 1. The van der Waals surface area contributed by atoms with E-state index < -0.39 is 0 Å². The summed E-state index contributed by atoms with van der Waals surface area (Å²) in [5.74, 6) is 0.961. The van der Waals surface area contributed by atoms with Crippen molar-refractivity contribution in [2.75, 3.05) is 20.8 Å². The molecule has 1 aliphatic rings. The van der Waals surface area contributed by atoms with Crippen LogP contribution in [-0.2, 0) is 0 Å². The van der Waals surface area contributed by atoms with Gasteiger partial charge in [-0.2, -0.15) is 0 Å². The van der Waals surface area contributed by atoms with Crippen LogP contribution in [-0.4, -0.2) is 41.0 Å². The second-order valence-electron chi connectivity index (χ2n) is 7.18. The fraction of sp³-hybridized carbons (Fsp3) is 0.318. The third-order valence-corrected chi connectivity index (χ3v) is 5.39. The first-order valence-electron chi connectivity index (χ1n) is 9.54. The lowest BCUT2D eigenvalue weighted by atomic mass is 10.0. The maximum atomic E-state index is 13.3. The molecule has 1 aliphatic heterocycles. The number of carbonyl (C=O) groups is 1. The molecule has 0 radical (unpaired) electrons. The Hall–Kier alpha value is -3.35. The number of hydrogen-bond donors (Lipinski definition) is 0. The Kier molecular flexibility index (Phi) is 4.96. The van der Waals surface area contributed by atoms with Gasteiger partial charge in [0.25, 0.3) is 11.5 Å². The van der Waals surface area contributed by atoms with Gasteiger partial charge in [0.15, 0.2) is 11.5 Å². The lowest BCUT2D eigenvalue weighted by molar-refractivity contribution is 0.0733. The summed E-state index contributed by atoms with van der Waals surface area (Å²) in [5, 5.41) is 0. The summed E-state index contributed by atoms with van der Waals surface area (Å²) in [7, 11) is 3.17. The van der Waals surface area contributed by atoms with Crippen LogP contribution in [0.1, 0.15) is 40.4 Å². The summed E-state index contributed by atoms with van der Waals surface area (Å²) in [6.07, 6.45) is 4.78. The lowest BCUT2D eigenvalue weighted by Gasteiger charge is -2.25. The van der Waals surface area contributed by atoms with Crippen molar-refractivity contribution in [2.45, 2.75) is 25.8 Å². The van der Waals surface area contributed by atoms with Gasteiger partial charge in [-0.3, -0.25) is 14.0 Å². The summed E-state index contributed by atoms with van der Waals surface area (Å²) in [6, 6.07) is 9.20. The molecule has 3 heterocycles. The van der Waals surface area contributed by atoms with E-state index in [1.165, 1.54) is 10.6 Å². The number of nitrogens with zero attached hydrogens (tertiary/aromatic N) is 3. The van der Waals surface area contributed by atoms with Crippen LogP contribution >= 0.6 is 0 Å². The molecule has 1 atom stereocenters. The van der Waals surface area contributed by atoms with E-state index in [1.54, 1.807) is 31.4 Å². The minimum atomic E-state index is -0.346. The third kappa shape index (κ3) is 3.33. The normalized spacial score (nSPS) is 16.2.